The van der Waals surface area contributed by atoms with Crippen LogP contribution in [0.15, 0.2) is 103 Å². The van der Waals surface area contributed by atoms with Crippen molar-refractivity contribution in [1.82, 2.24) is 30.5 Å². The molecule has 0 spiro atoms. The quantitative estimate of drug-likeness (QED) is 0.245. The third-order valence-electron chi connectivity index (χ3n) is 7.48. The number of hydrogen-bond donors (Lipinski definition) is 2. The van der Waals surface area contributed by atoms with E-state index in [1.165, 1.54) is 93.1 Å². The molecule has 4 heterocycles. The molecule has 1 aliphatic heterocycles. The van der Waals surface area contributed by atoms with E-state index >= 15 is 0 Å². The van der Waals surface area contributed by atoms with E-state index in [-0.39, 0.29) is 29.7 Å². The van der Waals surface area contributed by atoms with Crippen LogP contribution < -0.4 is 5.32 Å². The zero-order valence-electron chi connectivity index (χ0n) is 29.9. The summed E-state index contributed by atoms with van der Waals surface area (Å²) < 4.78 is 0. The second-order valence-corrected chi connectivity index (χ2v) is 12.6. The number of H-pyrrole nitrogens is 1. The van der Waals surface area contributed by atoms with Gasteiger partial charge in [0, 0.05) is 31.0 Å². The van der Waals surface area contributed by atoms with Gasteiger partial charge in [0.2, 0.25) is 0 Å². The van der Waals surface area contributed by atoms with Gasteiger partial charge >= 0.3 is 0 Å². The Morgan fingerprint density at radius 1 is 0.700 bits per heavy atom. The van der Waals surface area contributed by atoms with Crippen LogP contribution in [0.4, 0.5) is 0 Å². The van der Waals surface area contributed by atoms with Gasteiger partial charge in [-0.3, -0.25) is 10.1 Å². The van der Waals surface area contributed by atoms with E-state index in [2.05, 4.69) is 94.6 Å². The third-order valence-corrected chi connectivity index (χ3v) is 7.48. The molecule has 6 nitrogen and oxygen atoms in total. The third kappa shape index (κ3) is 34.2. The van der Waals surface area contributed by atoms with Crippen molar-refractivity contribution in [2.24, 2.45) is 11.8 Å². The zero-order valence-corrected chi connectivity index (χ0v) is 29.9. The Morgan fingerprint density at radius 3 is 1.58 bits per heavy atom. The van der Waals surface area contributed by atoms with Crippen LogP contribution in [-0.4, -0.2) is 38.2 Å². The molecule has 50 heavy (non-hydrogen) atoms. The lowest BCUT2D eigenvalue weighted by Crippen LogP contribution is -2.27. The first kappa shape index (κ1) is 53.2. The lowest BCUT2D eigenvalue weighted by molar-refractivity contribution is 0.385. The zero-order chi connectivity index (χ0) is 33.7. The van der Waals surface area contributed by atoms with Crippen LogP contribution in [0.25, 0.3) is 0 Å². The molecule has 0 aromatic carbocycles. The lowest BCUT2D eigenvalue weighted by atomic mass is 9.91. The molecular weight excluding hydrogens is 613 g/mol. The molecule has 1 saturated carbocycles. The molecule has 7 rings (SSSR count). The Balaban J connectivity index is -0.000000244. The number of nitrogens with one attached hydrogen (secondary N) is 2. The van der Waals surface area contributed by atoms with Gasteiger partial charge in [0.1, 0.15) is 6.33 Å². The Bertz CT molecular complexity index is 1150. The summed E-state index contributed by atoms with van der Waals surface area (Å²) in [7, 11) is 0. The first-order chi connectivity index (χ1) is 22.3. The van der Waals surface area contributed by atoms with E-state index in [9.17, 15) is 0 Å². The van der Waals surface area contributed by atoms with Gasteiger partial charge in [0.15, 0.2) is 0 Å². The Morgan fingerprint density at radius 2 is 1.36 bits per heavy atom. The SMILES string of the molecule is C.C.C.C.CC1=CC=CC1.CC1=CCC=C1.CC1CCCCC1.CC1CCCNC1.Cc1cccnc1.Cc1cn[nH]c1.Cc1cncnc1. The van der Waals surface area contributed by atoms with Crippen molar-refractivity contribution in [3.8, 4) is 0 Å². The molecule has 3 aromatic heterocycles. The predicted molar refractivity (Wildman–Crippen MR) is 225 cm³/mol. The molecule has 1 unspecified atom stereocenters. The minimum absolute atomic E-state index is 0. The highest BCUT2D eigenvalue weighted by molar-refractivity contribution is 5.23. The Hall–Kier alpha value is -3.64. The summed E-state index contributed by atoms with van der Waals surface area (Å²) in [5, 5.41) is 9.71. The van der Waals surface area contributed by atoms with Crippen molar-refractivity contribution >= 4 is 0 Å². The van der Waals surface area contributed by atoms with E-state index < -0.39 is 0 Å². The maximum Gasteiger partial charge on any atom is 0.115 e. The highest BCUT2D eigenvalue weighted by Crippen LogP contribution is 2.22. The van der Waals surface area contributed by atoms with Crippen LogP contribution in [0.1, 0.15) is 132 Å². The van der Waals surface area contributed by atoms with Gasteiger partial charge in [-0.2, -0.15) is 5.10 Å². The van der Waals surface area contributed by atoms with Gasteiger partial charge in [-0.15, -0.1) is 0 Å². The number of rotatable bonds is 0. The van der Waals surface area contributed by atoms with Crippen LogP contribution >= 0.6 is 0 Å². The number of nitrogens with zero attached hydrogens (tertiary/aromatic N) is 4. The average Bonchev–Trinajstić information content (AvgIpc) is 3.86. The number of pyridine rings is 1. The van der Waals surface area contributed by atoms with Crippen LogP contribution in [0.5, 0.6) is 0 Å². The summed E-state index contributed by atoms with van der Waals surface area (Å²) in [5.74, 6) is 1.96. The summed E-state index contributed by atoms with van der Waals surface area (Å²) in [4.78, 5) is 11.4. The molecule has 4 aliphatic rings. The van der Waals surface area contributed by atoms with Crippen LogP contribution in [-0.2, 0) is 0 Å². The number of hydrogen-bond acceptors (Lipinski definition) is 5. The topological polar surface area (TPSA) is 79.4 Å². The van der Waals surface area contributed by atoms with Crippen molar-refractivity contribution in [2.75, 3.05) is 13.1 Å². The van der Waals surface area contributed by atoms with E-state index in [0.29, 0.717) is 0 Å². The largest absolute Gasteiger partial charge is 0.316 e. The molecule has 284 valence electrons. The van der Waals surface area contributed by atoms with Gasteiger partial charge in [0.25, 0.3) is 0 Å². The molecular formula is C44H78N6. The van der Waals surface area contributed by atoms with Crippen molar-refractivity contribution in [1.29, 1.82) is 0 Å². The van der Waals surface area contributed by atoms with Gasteiger partial charge in [0.05, 0.1) is 6.20 Å². The minimum Gasteiger partial charge on any atom is -0.316 e. The fourth-order valence-electron chi connectivity index (χ4n) is 4.60. The first-order valence-corrected chi connectivity index (χ1v) is 17.2. The highest BCUT2D eigenvalue weighted by Gasteiger charge is 2.06. The van der Waals surface area contributed by atoms with Gasteiger partial charge in [-0.25, -0.2) is 9.97 Å². The van der Waals surface area contributed by atoms with Crippen molar-refractivity contribution in [3.63, 3.8) is 0 Å². The first-order valence-electron chi connectivity index (χ1n) is 17.2. The van der Waals surface area contributed by atoms with Crippen LogP contribution in [0.2, 0.25) is 0 Å². The Kier molecular flexibility index (Phi) is 39.0. The second kappa shape index (κ2) is 36.6. The summed E-state index contributed by atoms with van der Waals surface area (Å²) in [6.07, 6.45) is 37.7. The molecule has 1 saturated heterocycles. The Labute approximate surface area is 310 Å². The minimum atomic E-state index is 0. The number of piperidine rings is 1. The fourth-order valence-corrected chi connectivity index (χ4v) is 4.60. The van der Waals surface area contributed by atoms with E-state index in [4.69, 9.17) is 0 Å². The smallest absolute Gasteiger partial charge is 0.115 e. The fraction of sp³-hybridized carbons (Fsp3) is 0.545. The average molecular weight is 691 g/mol. The standard InChI is InChI=1S/C7H14.C6H13N.C6H7N.2C6H8.C5H6N2.C4H6N2.4CH4/c1-7-5-3-2-4-6-7;2*1-6-3-2-4-7-5-6;2*1-6-4-2-3-5-6;1-5-2-6-4-7-3-5;1-4-2-5-6-3-4;;;;/h7H,2-6H2,1H3;6-7H,2-5H2,1H3;2-5H,1H3;2,4-5H,3H2,1H3;2-4H,5H2,1H3;2-4H,1H3;2-3H,1H3,(H,5,6);4*1H4. The molecule has 2 N–H and O–H groups in total. The van der Waals surface area contributed by atoms with Gasteiger partial charge < -0.3 is 5.32 Å². The van der Waals surface area contributed by atoms with Crippen molar-refractivity contribution in [2.45, 2.75) is 136 Å². The number of aromatic amines is 1. The normalized spacial score (nSPS) is 16.1. The molecule has 6 heteroatoms. The summed E-state index contributed by atoms with van der Waals surface area (Å²) in [5.41, 5.74) is 6.35. The van der Waals surface area contributed by atoms with Gasteiger partial charge in [-0.1, -0.05) is 129 Å². The van der Waals surface area contributed by atoms with E-state index in [0.717, 1.165) is 23.8 Å². The molecule has 0 radical (unpaired) electrons. The number of allylic oxidation sites excluding steroid dienone is 8. The van der Waals surface area contributed by atoms with Crippen molar-refractivity contribution < 1.29 is 0 Å². The molecule has 3 aliphatic carbocycles. The molecule has 2 fully saturated rings. The molecule has 0 bridgehead atoms. The molecule has 3 aromatic rings. The van der Waals surface area contributed by atoms with E-state index in [1.807, 2.05) is 45.3 Å². The lowest BCUT2D eigenvalue weighted by Gasteiger charge is -2.17. The maximum atomic E-state index is 3.88. The second-order valence-electron chi connectivity index (χ2n) is 12.6. The number of aromatic nitrogens is 5. The van der Waals surface area contributed by atoms with E-state index in [1.54, 1.807) is 24.8 Å². The number of aryl methyl sites for hydroxylation is 3. The monoisotopic (exact) mass is 691 g/mol. The van der Waals surface area contributed by atoms with Gasteiger partial charge in [-0.05, 0) is 108 Å². The molecule has 0 amide bonds. The summed E-state index contributed by atoms with van der Waals surface area (Å²) >= 11 is 0. The summed E-state index contributed by atoms with van der Waals surface area (Å²) in [6.45, 7) is 17.4. The van der Waals surface area contributed by atoms with Crippen molar-refractivity contribution in [3.05, 3.63) is 120 Å². The maximum absolute atomic E-state index is 3.88. The molecule has 1 atom stereocenters. The summed E-state index contributed by atoms with van der Waals surface area (Å²) in [6, 6.07) is 3.95. The highest BCUT2D eigenvalue weighted by atomic mass is 15.1. The van der Waals surface area contributed by atoms with Crippen LogP contribution in [0.3, 0.4) is 0 Å². The van der Waals surface area contributed by atoms with Crippen LogP contribution in [0, 0.1) is 32.6 Å². The predicted octanol–water partition coefficient (Wildman–Crippen LogP) is 12.8.